The fourth-order valence-corrected chi connectivity index (χ4v) is 3.43. The third kappa shape index (κ3) is 10.5. The zero-order chi connectivity index (χ0) is 19.7. The molecular formula is C24H38N2O2. The summed E-state index contributed by atoms with van der Waals surface area (Å²) in [6.07, 6.45) is 25.4. The van der Waals surface area contributed by atoms with Gasteiger partial charge in [0.2, 0.25) is 11.8 Å². The average molecular weight is 387 g/mol. The van der Waals surface area contributed by atoms with E-state index >= 15 is 0 Å². The Labute approximate surface area is 170 Å². The molecule has 2 rings (SSSR count). The van der Waals surface area contributed by atoms with Crippen LogP contribution in [-0.4, -0.2) is 10.2 Å². The second kappa shape index (κ2) is 15.1. The molecule has 4 heteroatoms. The van der Waals surface area contributed by atoms with Crippen LogP contribution in [0.1, 0.15) is 114 Å². The Hall–Kier alpha value is -1.84. The van der Waals surface area contributed by atoms with E-state index in [2.05, 4.69) is 23.2 Å². The van der Waals surface area contributed by atoms with Crippen molar-refractivity contribution in [2.75, 3.05) is 0 Å². The van der Waals surface area contributed by atoms with Crippen LogP contribution in [0.5, 0.6) is 0 Å². The van der Waals surface area contributed by atoms with Gasteiger partial charge in [0.25, 0.3) is 0 Å². The van der Waals surface area contributed by atoms with E-state index in [0.29, 0.717) is 18.2 Å². The van der Waals surface area contributed by atoms with Gasteiger partial charge < -0.3 is 8.83 Å². The summed E-state index contributed by atoms with van der Waals surface area (Å²) < 4.78 is 10.9. The second-order valence-electron chi connectivity index (χ2n) is 7.72. The monoisotopic (exact) mass is 386 g/mol. The largest absolute Gasteiger partial charge is 0.469 e. The van der Waals surface area contributed by atoms with Gasteiger partial charge in [0.1, 0.15) is 5.76 Å². The molecule has 156 valence electrons. The summed E-state index contributed by atoms with van der Waals surface area (Å²) in [7, 11) is 0. The molecule has 0 aliphatic heterocycles. The number of hydrogen-bond acceptors (Lipinski definition) is 4. The molecule has 0 amide bonds. The Balaban J connectivity index is 1.39. The lowest BCUT2D eigenvalue weighted by atomic mass is 10.0. The van der Waals surface area contributed by atoms with E-state index in [4.69, 9.17) is 8.83 Å². The SMILES string of the molecule is CCCCCCCCCCCCCCCC=Cc1nnc(Cc2ccco2)o1. The van der Waals surface area contributed by atoms with E-state index in [1.54, 1.807) is 6.26 Å². The van der Waals surface area contributed by atoms with Crippen molar-refractivity contribution in [3.63, 3.8) is 0 Å². The van der Waals surface area contributed by atoms with Gasteiger partial charge in [0.05, 0.1) is 12.7 Å². The maximum atomic E-state index is 5.61. The molecular weight excluding hydrogens is 348 g/mol. The summed E-state index contributed by atoms with van der Waals surface area (Å²) >= 11 is 0. The maximum Gasteiger partial charge on any atom is 0.240 e. The van der Waals surface area contributed by atoms with Crippen LogP contribution < -0.4 is 0 Å². The van der Waals surface area contributed by atoms with Crippen molar-refractivity contribution in [2.45, 2.75) is 103 Å². The number of rotatable bonds is 17. The summed E-state index contributed by atoms with van der Waals surface area (Å²) in [5.41, 5.74) is 0. The van der Waals surface area contributed by atoms with Crippen LogP contribution >= 0.6 is 0 Å². The highest BCUT2D eigenvalue weighted by Crippen LogP contribution is 2.14. The van der Waals surface area contributed by atoms with E-state index in [9.17, 15) is 0 Å². The van der Waals surface area contributed by atoms with Gasteiger partial charge in [-0.3, -0.25) is 0 Å². The molecule has 0 aliphatic rings. The van der Waals surface area contributed by atoms with E-state index in [-0.39, 0.29) is 0 Å². The summed E-state index contributed by atoms with van der Waals surface area (Å²) in [6.45, 7) is 2.28. The normalized spacial score (nSPS) is 11.6. The van der Waals surface area contributed by atoms with E-state index < -0.39 is 0 Å². The van der Waals surface area contributed by atoms with E-state index in [0.717, 1.165) is 12.2 Å². The van der Waals surface area contributed by atoms with Crippen molar-refractivity contribution in [2.24, 2.45) is 0 Å². The first kappa shape index (κ1) is 22.4. The average Bonchev–Trinajstić information content (AvgIpc) is 3.37. The molecule has 2 heterocycles. The molecule has 0 N–H and O–H groups in total. The Morgan fingerprint density at radius 2 is 1.46 bits per heavy atom. The molecule has 0 fully saturated rings. The van der Waals surface area contributed by atoms with Crippen LogP contribution in [0.3, 0.4) is 0 Å². The van der Waals surface area contributed by atoms with Crippen molar-refractivity contribution in [1.82, 2.24) is 10.2 Å². The third-order valence-electron chi connectivity index (χ3n) is 5.12. The molecule has 2 aromatic rings. The van der Waals surface area contributed by atoms with E-state index in [1.807, 2.05) is 18.2 Å². The lowest BCUT2D eigenvalue weighted by Gasteiger charge is -2.02. The van der Waals surface area contributed by atoms with Gasteiger partial charge >= 0.3 is 0 Å². The highest BCUT2D eigenvalue weighted by atomic mass is 16.4. The summed E-state index contributed by atoms with van der Waals surface area (Å²) in [4.78, 5) is 0. The number of hydrogen-bond donors (Lipinski definition) is 0. The van der Waals surface area contributed by atoms with Crippen molar-refractivity contribution in [3.05, 3.63) is 42.0 Å². The van der Waals surface area contributed by atoms with Crippen LogP contribution in [0.4, 0.5) is 0 Å². The summed E-state index contributed by atoms with van der Waals surface area (Å²) in [5.74, 6) is 2.01. The lowest BCUT2D eigenvalue weighted by Crippen LogP contribution is -1.84. The standard InChI is InChI=1S/C24H38N2O2/c1-2-3-4-5-6-7-8-9-10-11-12-13-14-15-16-19-23-25-26-24(28-23)21-22-18-17-20-27-22/h16-20H,2-15,21H2,1H3. The van der Waals surface area contributed by atoms with Crippen LogP contribution in [0, 0.1) is 0 Å². The first-order chi connectivity index (χ1) is 13.9. The predicted octanol–water partition coefficient (Wildman–Crippen LogP) is 7.75. The van der Waals surface area contributed by atoms with Crippen molar-refractivity contribution < 1.29 is 8.83 Å². The highest BCUT2D eigenvalue weighted by Gasteiger charge is 2.06. The number of unbranched alkanes of at least 4 members (excludes halogenated alkanes) is 13. The third-order valence-corrected chi connectivity index (χ3v) is 5.12. The number of nitrogens with zero attached hydrogens (tertiary/aromatic N) is 2. The minimum atomic E-state index is 0.548. The Bertz CT molecular complexity index is 616. The topological polar surface area (TPSA) is 52.1 Å². The fraction of sp³-hybridized carbons (Fsp3) is 0.667. The molecule has 0 atom stereocenters. The maximum absolute atomic E-state index is 5.61. The summed E-state index contributed by atoms with van der Waals surface area (Å²) in [5, 5.41) is 8.11. The first-order valence-electron chi connectivity index (χ1n) is 11.4. The molecule has 0 aliphatic carbocycles. The van der Waals surface area contributed by atoms with Gasteiger partial charge in [0.15, 0.2) is 0 Å². The molecule has 28 heavy (non-hydrogen) atoms. The van der Waals surface area contributed by atoms with Gasteiger partial charge in [0, 0.05) is 0 Å². The second-order valence-corrected chi connectivity index (χ2v) is 7.72. The minimum absolute atomic E-state index is 0.548. The molecule has 0 aromatic carbocycles. The number of furan rings is 1. The molecule has 0 unspecified atom stereocenters. The molecule has 0 spiro atoms. The first-order valence-corrected chi connectivity index (χ1v) is 11.4. The van der Waals surface area contributed by atoms with Gasteiger partial charge in [-0.2, -0.15) is 0 Å². The molecule has 0 saturated heterocycles. The van der Waals surface area contributed by atoms with Crippen LogP contribution in [0.15, 0.2) is 33.3 Å². The zero-order valence-corrected chi connectivity index (χ0v) is 17.7. The Morgan fingerprint density at radius 3 is 2.07 bits per heavy atom. The fourth-order valence-electron chi connectivity index (χ4n) is 3.43. The van der Waals surface area contributed by atoms with Crippen molar-refractivity contribution >= 4 is 6.08 Å². The van der Waals surface area contributed by atoms with Gasteiger partial charge in [-0.15, -0.1) is 10.2 Å². The quantitative estimate of drug-likeness (QED) is 0.261. The number of allylic oxidation sites excluding steroid dienone is 1. The highest BCUT2D eigenvalue weighted by molar-refractivity contribution is 5.36. The molecule has 0 saturated carbocycles. The molecule has 2 aromatic heterocycles. The van der Waals surface area contributed by atoms with Gasteiger partial charge in [-0.1, -0.05) is 90.0 Å². The van der Waals surface area contributed by atoms with Crippen molar-refractivity contribution in [1.29, 1.82) is 0 Å². The zero-order valence-electron chi connectivity index (χ0n) is 17.7. The Kier molecular flexibility index (Phi) is 12.1. The predicted molar refractivity (Wildman–Crippen MR) is 115 cm³/mol. The van der Waals surface area contributed by atoms with Gasteiger partial charge in [-0.05, 0) is 31.1 Å². The van der Waals surface area contributed by atoms with Crippen LogP contribution in [0.25, 0.3) is 6.08 Å². The lowest BCUT2D eigenvalue weighted by molar-refractivity contribution is 0.460. The van der Waals surface area contributed by atoms with Crippen molar-refractivity contribution in [3.8, 4) is 0 Å². The summed E-state index contributed by atoms with van der Waals surface area (Å²) in [6, 6.07) is 3.77. The van der Waals surface area contributed by atoms with Gasteiger partial charge in [-0.25, -0.2) is 0 Å². The Morgan fingerprint density at radius 1 is 0.821 bits per heavy atom. The minimum Gasteiger partial charge on any atom is -0.469 e. The smallest absolute Gasteiger partial charge is 0.240 e. The van der Waals surface area contributed by atoms with E-state index in [1.165, 1.54) is 83.5 Å². The number of aromatic nitrogens is 2. The molecule has 0 bridgehead atoms. The van der Waals surface area contributed by atoms with Crippen LogP contribution in [0.2, 0.25) is 0 Å². The van der Waals surface area contributed by atoms with Crippen LogP contribution in [-0.2, 0) is 6.42 Å². The molecule has 0 radical (unpaired) electrons. The molecule has 4 nitrogen and oxygen atoms in total.